The number of rotatable bonds is 3. The number of nitrogens with zero attached hydrogens (tertiary/aromatic N) is 3. The Morgan fingerprint density at radius 3 is 2.67 bits per heavy atom. The molecule has 0 bridgehead atoms. The lowest BCUT2D eigenvalue weighted by Crippen LogP contribution is -2.48. The Morgan fingerprint density at radius 2 is 1.93 bits per heavy atom. The van der Waals surface area contributed by atoms with E-state index in [1.807, 2.05) is 49.4 Å². The predicted molar refractivity (Wildman–Crippen MR) is 110 cm³/mol. The molecule has 150 valence electrons. The fraction of sp³-hybridized carbons (Fsp3) is 0.182. The first-order valence-electron chi connectivity index (χ1n) is 9.57. The summed E-state index contributed by atoms with van der Waals surface area (Å²) in [5, 5.41) is 7.36. The molecule has 30 heavy (non-hydrogen) atoms. The Balaban J connectivity index is 1.77. The molecular formula is C22H19N5O3. The average molecular weight is 401 g/mol. The summed E-state index contributed by atoms with van der Waals surface area (Å²) in [6.45, 7) is 1.67. The third kappa shape index (κ3) is 2.40. The average Bonchev–Trinajstić information content (AvgIpc) is 3.23. The number of nitrogens with two attached hydrogens (primary N) is 1. The van der Waals surface area contributed by atoms with E-state index >= 15 is 0 Å². The van der Waals surface area contributed by atoms with Crippen LogP contribution in [0, 0.1) is 6.92 Å². The minimum Gasteiger partial charge on any atom is -0.368 e. The maximum Gasteiger partial charge on any atom is 0.243 e. The van der Waals surface area contributed by atoms with Crippen molar-refractivity contribution in [1.29, 1.82) is 0 Å². The molecular weight excluding hydrogens is 382 g/mol. The highest BCUT2D eigenvalue weighted by Gasteiger charge is 2.57. The zero-order valence-corrected chi connectivity index (χ0v) is 16.3. The molecule has 0 aliphatic carbocycles. The number of aryl methyl sites for hydroxylation is 1. The second-order valence-corrected chi connectivity index (χ2v) is 7.66. The number of nitrogens with one attached hydrogen (secondary N) is 1. The van der Waals surface area contributed by atoms with Crippen molar-refractivity contribution < 1.29 is 14.4 Å². The van der Waals surface area contributed by atoms with Crippen molar-refractivity contribution in [3.8, 4) is 5.69 Å². The van der Waals surface area contributed by atoms with Gasteiger partial charge in [0.25, 0.3) is 0 Å². The number of benzene rings is 2. The summed E-state index contributed by atoms with van der Waals surface area (Å²) in [6.07, 6.45) is 1.56. The molecule has 1 aromatic heterocycles. The van der Waals surface area contributed by atoms with E-state index in [0.29, 0.717) is 22.6 Å². The third-order valence-corrected chi connectivity index (χ3v) is 5.74. The molecule has 2 aromatic carbocycles. The Morgan fingerprint density at radius 1 is 1.17 bits per heavy atom. The van der Waals surface area contributed by atoms with Crippen molar-refractivity contribution >= 4 is 29.2 Å². The second kappa shape index (κ2) is 6.28. The number of primary amides is 1. The van der Waals surface area contributed by atoms with Gasteiger partial charge in [-0.25, -0.2) is 4.68 Å². The van der Waals surface area contributed by atoms with Crippen LogP contribution in [0.25, 0.3) is 5.69 Å². The van der Waals surface area contributed by atoms with Gasteiger partial charge in [0.05, 0.1) is 11.9 Å². The largest absolute Gasteiger partial charge is 0.368 e. The van der Waals surface area contributed by atoms with Gasteiger partial charge in [0, 0.05) is 17.7 Å². The van der Waals surface area contributed by atoms with E-state index in [1.165, 1.54) is 4.90 Å². The molecule has 8 nitrogen and oxygen atoms in total. The second-order valence-electron chi connectivity index (χ2n) is 7.66. The molecule has 2 aliphatic heterocycles. The van der Waals surface area contributed by atoms with Gasteiger partial charge in [-0.2, -0.15) is 5.10 Å². The van der Waals surface area contributed by atoms with Gasteiger partial charge in [0.15, 0.2) is 0 Å². The monoisotopic (exact) mass is 401 g/mol. The van der Waals surface area contributed by atoms with Crippen LogP contribution in [0.2, 0.25) is 0 Å². The summed E-state index contributed by atoms with van der Waals surface area (Å²) in [4.78, 5) is 39.6. The summed E-state index contributed by atoms with van der Waals surface area (Å²) in [6, 6.07) is 14.9. The van der Waals surface area contributed by atoms with Gasteiger partial charge >= 0.3 is 0 Å². The number of para-hydroxylation sites is 1. The normalized spacial score (nSPS) is 19.6. The number of hydrogen-bond acceptors (Lipinski definition) is 4. The molecule has 0 fully saturated rings. The van der Waals surface area contributed by atoms with Crippen LogP contribution in [-0.4, -0.2) is 34.0 Å². The van der Waals surface area contributed by atoms with Gasteiger partial charge in [0.2, 0.25) is 17.7 Å². The van der Waals surface area contributed by atoms with Crippen LogP contribution in [0.3, 0.4) is 0 Å². The minimum absolute atomic E-state index is 0.0645. The molecule has 3 amide bonds. The van der Waals surface area contributed by atoms with Crippen molar-refractivity contribution in [1.82, 2.24) is 9.78 Å². The number of fused-ring (bicyclic) bond motifs is 4. The van der Waals surface area contributed by atoms with Crippen molar-refractivity contribution in [2.45, 2.75) is 18.8 Å². The highest BCUT2D eigenvalue weighted by atomic mass is 16.2. The quantitative estimate of drug-likeness (QED) is 0.695. The fourth-order valence-corrected chi connectivity index (χ4v) is 4.48. The number of anilines is 2. The zero-order valence-electron chi connectivity index (χ0n) is 16.3. The van der Waals surface area contributed by atoms with E-state index in [2.05, 4.69) is 10.4 Å². The van der Waals surface area contributed by atoms with E-state index < -0.39 is 11.3 Å². The molecule has 0 unspecified atom stereocenters. The van der Waals surface area contributed by atoms with Gasteiger partial charge < -0.3 is 16.0 Å². The van der Waals surface area contributed by atoms with Gasteiger partial charge in [-0.15, -0.1) is 0 Å². The minimum atomic E-state index is -1.25. The lowest BCUT2D eigenvalue weighted by molar-refractivity contribution is -0.127. The molecule has 0 saturated carbocycles. The fourth-order valence-electron chi connectivity index (χ4n) is 4.48. The van der Waals surface area contributed by atoms with E-state index in [4.69, 9.17) is 5.73 Å². The Labute approximate surface area is 172 Å². The topological polar surface area (TPSA) is 110 Å². The summed E-state index contributed by atoms with van der Waals surface area (Å²) in [5.41, 5.74) is 7.77. The number of carbonyl (C=O) groups excluding carboxylic acids is 3. The maximum atomic E-state index is 13.7. The molecule has 1 spiro atoms. The van der Waals surface area contributed by atoms with Crippen molar-refractivity contribution in [3.05, 3.63) is 71.4 Å². The first-order valence-corrected chi connectivity index (χ1v) is 9.57. The van der Waals surface area contributed by atoms with E-state index in [-0.39, 0.29) is 24.8 Å². The lowest BCUT2D eigenvalue weighted by atomic mass is 9.71. The lowest BCUT2D eigenvalue weighted by Gasteiger charge is -2.32. The molecule has 3 heterocycles. The highest BCUT2D eigenvalue weighted by Crippen LogP contribution is 2.52. The molecule has 5 rings (SSSR count). The van der Waals surface area contributed by atoms with Crippen LogP contribution >= 0.6 is 0 Å². The van der Waals surface area contributed by atoms with Crippen LogP contribution in [0.5, 0.6) is 0 Å². The predicted octanol–water partition coefficient (Wildman–Crippen LogP) is 1.64. The molecule has 3 aromatic rings. The van der Waals surface area contributed by atoms with Crippen LogP contribution in [0.1, 0.15) is 23.1 Å². The standard InChI is InChI=1S/C22H19N5O3/c1-13-7-8-17-15(9-13)22(21(30)26(17)12-18(23)28)10-19(29)25-20-16(22)11-24-27(20)14-5-3-2-4-6-14/h2-9,11H,10,12H2,1H3,(H2,23,28)(H,25,29)/t22-/m1/s1. The number of carbonyl (C=O) groups is 3. The molecule has 0 radical (unpaired) electrons. The Hall–Kier alpha value is -3.94. The van der Waals surface area contributed by atoms with Gasteiger partial charge in [-0.1, -0.05) is 35.9 Å². The molecule has 1 atom stereocenters. The summed E-state index contributed by atoms with van der Waals surface area (Å²) in [7, 11) is 0. The van der Waals surface area contributed by atoms with Gasteiger partial charge in [-0.05, 0) is 30.7 Å². The van der Waals surface area contributed by atoms with Crippen LogP contribution < -0.4 is 16.0 Å². The molecule has 8 heteroatoms. The smallest absolute Gasteiger partial charge is 0.243 e. The molecule has 3 N–H and O–H groups in total. The summed E-state index contributed by atoms with van der Waals surface area (Å²) >= 11 is 0. The zero-order chi connectivity index (χ0) is 21.0. The van der Waals surface area contributed by atoms with E-state index in [9.17, 15) is 14.4 Å². The van der Waals surface area contributed by atoms with Crippen molar-refractivity contribution in [3.63, 3.8) is 0 Å². The highest BCUT2D eigenvalue weighted by molar-refractivity contribution is 6.17. The summed E-state index contributed by atoms with van der Waals surface area (Å²) in [5.74, 6) is -0.793. The maximum absolute atomic E-state index is 13.7. The van der Waals surface area contributed by atoms with E-state index in [1.54, 1.807) is 16.9 Å². The third-order valence-electron chi connectivity index (χ3n) is 5.74. The molecule has 2 aliphatic rings. The Bertz CT molecular complexity index is 1220. The SMILES string of the molecule is Cc1ccc2c(c1)[C@@]1(CC(=O)Nc3c1cnn3-c1ccccc1)C(=O)N2CC(N)=O. The number of hydrogen-bond donors (Lipinski definition) is 2. The van der Waals surface area contributed by atoms with Crippen molar-refractivity contribution in [2.75, 3.05) is 16.8 Å². The first-order chi connectivity index (χ1) is 14.4. The molecule has 0 saturated heterocycles. The van der Waals surface area contributed by atoms with Crippen molar-refractivity contribution in [2.24, 2.45) is 5.73 Å². The number of aromatic nitrogens is 2. The summed E-state index contributed by atoms with van der Waals surface area (Å²) < 4.78 is 1.62. The van der Waals surface area contributed by atoms with Crippen LogP contribution in [0.4, 0.5) is 11.5 Å². The first kappa shape index (κ1) is 18.1. The Kier molecular flexibility index (Phi) is 3.79. The van der Waals surface area contributed by atoms with Crippen LogP contribution in [0.15, 0.2) is 54.7 Å². The van der Waals surface area contributed by atoms with Crippen LogP contribution in [-0.2, 0) is 19.8 Å². The van der Waals surface area contributed by atoms with E-state index in [0.717, 1.165) is 11.3 Å². The van der Waals surface area contributed by atoms with Gasteiger partial charge in [0.1, 0.15) is 17.8 Å². The van der Waals surface area contributed by atoms with Gasteiger partial charge in [-0.3, -0.25) is 14.4 Å². The number of amides is 3.